The van der Waals surface area contributed by atoms with Crippen LogP contribution in [-0.2, 0) is 9.26 Å². The number of ether oxygens (including phenoxy) is 1. The third-order valence-electron chi connectivity index (χ3n) is 1.19. The molecule has 0 bridgehead atoms. The van der Waals surface area contributed by atoms with Crippen molar-refractivity contribution in [2.45, 2.75) is 18.9 Å². The summed E-state index contributed by atoms with van der Waals surface area (Å²) in [5.74, 6) is 0. The molecule has 0 aliphatic carbocycles. The van der Waals surface area contributed by atoms with Gasteiger partial charge in [0.15, 0.2) is 0 Å². The molecule has 8 heavy (non-hydrogen) atoms. The van der Waals surface area contributed by atoms with E-state index in [9.17, 15) is 0 Å². The number of hydrogen-bond acceptors (Lipinski definition) is 2. The predicted molar refractivity (Wildman–Crippen MR) is 34.6 cm³/mol. The smallest absolute Gasteiger partial charge is 0.0810 e. The second kappa shape index (κ2) is 3.39. The molecular weight excluding hydrogens is 123 g/mol. The predicted octanol–water partition coefficient (Wildman–Crippen LogP) is 0.972. The molecule has 2 unspecified atom stereocenters. The van der Waals surface area contributed by atoms with Gasteiger partial charge in [0.2, 0.25) is 0 Å². The fourth-order valence-corrected chi connectivity index (χ4v) is 0.796. The van der Waals surface area contributed by atoms with Crippen LogP contribution in [0, 0.1) is 0 Å². The largest absolute Gasteiger partial charge is 0.373 e. The van der Waals surface area contributed by atoms with E-state index in [2.05, 4.69) is 9.47 Å². The first-order chi connectivity index (χ1) is 3.93. The maximum atomic E-state index is 4.99. The summed E-state index contributed by atoms with van der Waals surface area (Å²) in [6.07, 6.45) is 2.85. The Morgan fingerprint density at radius 1 is 1.75 bits per heavy atom. The Hall–Kier alpha value is 0.350. The van der Waals surface area contributed by atoms with Crippen molar-refractivity contribution in [2.24, 2.45) is 0 Å². The first-order valence-corrected chi connectivity index (χ1v) is 3.34. The Morgan fingerprint density at radius 3 is 3.00 bits per heavy atom. The van der Waals surface area contributed by atoms with Crippen LogP contribution in [0.4, 0.5) is 0 Å². The van der Waals surface area contributed by atoms with E-state index in [0.29, 0.717) is 6.10 Å². The first-order valence-electron chi connectivity index (χ1n) is 2.87. The van der Waals surface area contributed by atoms with Gasteiger partial charge in [0.25, 0.3) is 0 Å². The Morgan fingerprint density at radius 2 is 2.50 bits per heavy atom. The highest BCUT2D eigenvalue weighted by Gasteiger charge is 2.20. The van der Waals surface area contributed by atoms with E-state index in [1.807, 2.05) is 0 Å². The van der Waals surface area contributed by atoms with Crippen LogP contribution in [0.1, 0.15) is 12.8 Å². The molecule has 1 fully saturated rings. The van der Waals surface area contributed by atoms with Crippen LogP contribution in [0.2, 0.25) is 0 Å². The second-order valence-electron chi connectivity index (χ2n) is 1.97. The molecule has 1 saturated heterocycles. The lowest BCUT2D eigenvalue weighted by Gasteiger charge is -1.92. The number of rotatable bonds is 4. The third-order valence-corrected chi connectivity index (χ3v) is 1.43. The van der Waals surface area contributed by atoms with Gasteiger partial charge in [-0.25, -0.2) is 0 Å². The summed E-state index contributed by atoms with van der Waals surface area (Å²) >= 11 is 0. The molecule has 0 aromatic carbocycles. The zero-order chi connectivity index (χ0) is 5.82. The Kier molecular flexibility index (Phi) is 2.74. The summed E-state index contributed by atoms with van der Waals surface area (Å²) < 4.78 is 9.77. The second-order valence-corrected chi connectivity index (χ2v) is 2.30. The molecule has 1 rings (SSSR count). The minimum absolute atomic E-state index is 0.565. The molecule has 1 aliphatic rings. The molecule has 2 atom stereocenters. The van der Waals surface area contributed by atoms with Crippen molar-refractivity contribution in [3.8, 4) is 0 Å². The minimum Gasteiger partial charge on any atom is -0.373 e. The lowest BCUT2D eigenvalue weighted by atomic mass is 10.3. The average molecular weight is 134 g/mol. The van der Waals surface area contributed by atoms with Crippen molar-refractivity contribution in [3.05, 3.63) is 0 Å². The summed E-state index contributed by atoms with van der Waals surface area (Å²) in [5, 5.41) is 0. The van der Waals surface area contributed by atoms with Gasteiger partial charge in [-0.15, -0.1) is 0 Å². The van der Waals surface area contributed by atoms with Crippen molar-refractivity contribution >= 4 is 9.47 Å². The lowest BCUT2D eigenvalue weighted by Crippen LogP contribution is -1.88. The van der Waals surface area contributed by atoms with Gasteiger partial charge < -0.3 is 9.26 Å². The molecule has 0 saturated carbocycles. The highest BCUT2D eigenvalue weighted by Crippen LogP contribution is 2.15. The summed E-state index contributed by atoms with van der Waals surface area (Å²) in [6.45, 7) is 1.81. The van der Waals surface area contributed by atoms with Crippen LogP contribution < -0.4 is 0 Å². The highest BCUT2D eigenvalue weighted by atomic mass is 31.0. The average Bonchev–Trinajstić information content (AvgIpc) is 2.51. The molecule has 0 radical (unpaired) electrons. The topological polar surface area (TPSA) is 21.8 Å². The normalized spacial score (nSPS) is 25.9. The van der Waals surface area contributed by atoms with Gasteiger partial charge >= 0.3 is 0 Å². The Labute approximate surface area is 51.8 Å². The monoisotopic (exact) mass is 134 g/mol. The van der Waals surface area contributed by atoms with Gasteiger partial charge in [0, 0.05) is 9.47 Å². The lowest BCUT2D eigenvalue weighted by molar-refractivity contribution is 0.330. The van der Waals surface area contributed by atoms with Crippen LogP contribution in [0.25, 0.3) is 0 Å². The molecule has 1 aliphatic heterocycles. The van der Waals surface area contributed by atoms with Crippen LogP contribution in [0.15, 0.2) is 0 Å². The van der Waals surface area contributed by atoms with Crippen molar-refractivity contribution < 1.29 is 9.26 Å². The molecule has 0 aromatic heterocycles. The number of epoxide rings is 1. The summed E-state index contributed by atoms with van der Waals surface area (Å²) in [7, 11) is 2.24. The van der Waals surface area contributed by atoms with Crippen LogP contribution in [0.5, 0.6) is 0 Å². The third kappa shape index (κ3) is 2.61. The molecule has 48 valence electrons. The summed E-state index contributed by atoms with van der Waals surface area (Å²) in [4.78, 5) is 0. The van der Waals surface area contributed by atoms with Gasteiger partial charge in [-0.3, -0.25) is 0 Å². The maximum absolute atomic E-state index is 4.99. The Bertz CT molecular complexity index is 63.4. The molecular formula is C5H11O2P. The van der Waals surface area contributed by atoms with Gasteiger partial charge in [0.1, 0.15) is 0 Å². The van der Waals surface area contributed by atoms with Gasteiger partial charge in [-0.05, 0) is 12.8 Å². The number of hydrogen-bond donors (Lipinski definition) is 0. The van der Waals surface area contributed by atoms with Crippen LogP contribution in [-0.4, -0.2) is 19.3 Å². The van der Waals surface area contributed by atoms with E-state index in [-0.39, 0.29) is 0 Å². The van der Waals surface area contributed by atoms with Crippen molar-refractivity contribution in [2.75, 3.05) is 13.2 Å². The van der Waals surface area contributed by atoms with Crippen LogP contribution >= 0.6 is 9.47 Å². The van der Waals surface area contributed by atoms with E-state index >= 15 is 0 Å². The zero-order valence-electron chi connectivity index (χ0n) is 4.80. The van der Waals surface area contributed by atoms with Gasteiger partial charge in [-0.2, -0.15) is 0 Å². The molecule has 2 nitrogen and oxygen atoms in total. The SMILES string of the molecule is POCCCC1CO1. The molecule has 0 aromatic rings. The van der Waals surface area contributed by atoms with E-state index < -0.39 is 0 Å². The first kappa shape index (κ1) is 6.47. The van der Waals surface area contributed by atoms with E-state index in [1.165, 1.54) is 0 Å². The molecule has 0 amide bonds. The van der Waals surface area contributed by atoms with Gasteiger partial charge in [-0.1, -0.05) is 0 Å². The van der Waals surface area contributed by atoms with E-state index in [1.54, 1.807) is 0 Å². The van der Waals surface area contributed by atoms with Gasteiger partial charge in [0.05, 0.1) is 19.3 Å². The van der Waals surface area contributed by atoms with Crippen molar-refractivity contribution in [3.63, 3.8) is 0 Å². The summed E-state index contributed by atoms with van der Waals surface area (Å²) in [5.41, 5.74) is 0. The Balaban J connectivity index is 1.74. The fraction of sp³-hybridized carbons (Fsp3) is 1.00. The zero-order valence-corrected chi connectivity index (χ0v) is 5.95. The molecule has 0 N–H and O–H groups in total. The summed E-state index contributed by atoms with van der Waals surface area (Å²) in [6, 6.07) is 0. The van der Waals surface area contributed by atoms with Crippen molar-refractivity contribution in [1.29, 1.82) is 0 Å². The quantitative estimate of drug-likeness (QED) is 0.324. The standard InChI is InChI=1S/C5H11O2P/c8-7-3-1-2-5-4-6-5/h5H,1-4,8H2. The van der Waals surface area contributed by atoms with Crippen LogP contribution in [0.3, 0.4) is 0 Å². The molecule has 1 heterocycles. The van der Waals surface area contributed by atoms with Crippen molar-refractivity contribution in [1.82, 2.24) is 0 Å². The molecule has 0 spiro atoms. The maximum Gasteiger partial charge on any atom is 0.0810 e. The van der Waals surface area contributed by atoms with E-state index in [0.717, 1.165) is 26.1 Å². The fourth-order valence-electron chi connectivity index (χ4n) is 0.629. The van der Waals surface area contributed by atoms with E-state index in [4.69, 9.17) is 9.26 Å². The molecule has 3 heteroatoms. The highest BCUT2D eigenvalue weighted by molar-refractivity contribution is 7.09. The minimum atomic E-state index is 0.565.